The van der Waals surface area contributed by atoms with Crippen molar-refractivity contribution in [1.82, 2.24) is 15.5 Å². The molecular formula is C17H22N4OS2. The van der Waals surface area contributed by atoms with Gasteiger partial charge in [0.25, 0.3) is 0 Å². The Morgan fingerprint density at radius 1 is 1.25 bits per heavy atom. The molecule has 0 saturated heterocycles. The smallest absolute Gasteiger partial charge is 0.238 e. The highest BCUT2D eigenvalue weighted by Gasteiger charge is 2.30. The molecule has 1 saturated carbocycles. The van der Waals surface area contributed by atoms with Crippen LogP contribution >= 0.6 is 23.1 Å². The van der Waals surface area contributed by atoms with Crippen molar-refractivity contribution in [2.24, 2.45) is 0 Å². The first kappa shape index (κ1) is 17.2. The molecule has 1 aromatic carbocycles. The zero-order valence-electron chi connectivity index (χ0n) is 14.1. The first-order valence-electron chi connectivity index (χ1n) is 8.04. The van der Waals surface area contributed by atoms with Gasteiger partial charge in [0.15, 0.2) is 4.34 Å². The van der Waals surface area contributed by atoms with Gasteiger partial charge >= 0.3 is 0 Å². The summed E-state index contributed by atoms with van der Waals surface area (Å²) in [6.07, 6.45) is 2.16. The lowest BCUT2D eigenvalue weighted by Crippen LogP contribution is -2.29. The number of nitrogens with one attached hydrogen (secondary N) is 2. The van der Waals surface area contributed by atoms with Crippen molar-refractivity contribution in [3.63, 3.8) is 0 Å². The van der Waals surface area contributed by atoms with E-state index < -0.39 is 0 Å². The zero-order valence-corrected chi connectivity index (χ0v) is 15.7. The van der Waals surface area contributed by atoms with Gasteiger partial charge in [0, 0.05) is 11.6 Å². The van der Waals surface area contributed by atoms with Crippen molar-refractivity contribution >= 4 is 34.1 Å². The molecule has 128 valence electrons. The van der Waals surface area contributed by atoms with Crippen LogP contribution in [0.5, 0.6) is 0 Å². The van der Waals surface area contributed by atoms with E-state index in [4.69, 9.17) is 0 Å². The summed E-state index contributed by atoms with van der Waals surface area (Å²) in [6.45, 7) is 6.24. The fourth-order valence-corrected chi connectivity index (χ4v) is 4.30. The van der Waals surface area contributed by atoms with E-state index in [0.29, 0.717) is 6.04 Å². The van der Waals surface area contributed by atoms with Gasteiger partial charge in [-0.1, -0.05) is 53.4 Å². The van der Waals surface area contributed by atoms with Crippen LogP contribution in [0.2, 0.25) is 0 Å². The van der Waals surface area contributed by atoms with Crippen molar-refractivity contribution in [2.45, 2.75) is 54.8 Å². The van der Waals surface area contributed by atoms with E-state index >= 15 is 0 Å². The van der Waals surface area contributed by atoms with E-state index in [-0.39, 0.29) is 16.7 Å². The third-order valence-electron chi connectivity index (χ3n) is 3.37. The Kier molecular flexibility index (Phi) is 5.10. The third kappa shape index (κ3) is 4.95. The lowest BCUT2D eigenvalue weighted by Gasteiger charge is -2.18. The van der Waals surface area contributed by atoms with Crippen molar-refractivity contribution < 1.29 is 4.79 Å². The monoisotopic (exact) mass is 362 g/mol. The lowest BCUT2D eigenvalue weighted by molar-refractivity contribution is -0.120. The van der Waals surface area contributed by atoms with Gasteiger partial charge in [0.05, 0.1) is 0 Å². The van der Waals surface area contributed by atoms with Gasteiger partial charge in [0.2, 0.25) is 11.0 Å². The van der Waals surface area contributed by atoms with Crippen molar-refractivity contribution in [3.8, 4) is 0 Å². The normalized spacial score (nSPS) is 15.8. The number of carbonyl (C=O) groups is 1. The van der Waals surface area contributed by atoms with Gasteiger partial charge in [-0.25, -0.2) is 0 Å². The molecule has 0 radical (unpaired) electrons. The number of rotatable bonds is 6. The molecule has 2 aromatic rings. The minimum Gasteiger partial charge on any atom is -0.355 e. The summed E-state index contributed by atoms with van der Waals surface area (Å²) in [4.78, 5) is 12.6. The molecule has 1 aromatic heterocycles. The van der Waals surface area contributed by atoms with Gasteiger partial charge in [-0.05, 0) is 39.2 Å². The molecule has 3 rings (SSSR count). The molecule has 1 aliphatic rings. The second kappa shape index (κ2) is 7.11. The van der Waals surface area contributed by atoms with Crippen LogP contribution in [0.1, 0.15) is 44.4 Å². The molecule has 1 heterocycles. The predicted octanol–water partition coefficient (Wildman–Crippen LogP) is 3.86. The molecule has 1 fully saturated rings. The summed E-state index contributed by atoms with van der Waals surface area (Å²) in [7, 11) is 0. The van der Waals surface area contributed by atoms with Crippen LogP contribution in [-0.4, -0.2) is 27.7 Å². The van der Waals surface area contributed by atoms with Gasteiger partial charge in [-0.3, -0.25) is 4.79 Å². The first-order valence-corrected chi connectivity index (χ1v) is 9.74. The fourth-order valence-electron chi connectivity index (χ4n) is 2.13. The highest BCUT2D eigenvalue weighted by atomic mass is 32.2. The van der Waals surface area contributed by atoms with Crippen LogP contribution in [0.4, 0.5) is 5.13 Å². The number of benzene rings is 1. The Hall–Kier alpha value is -1.60. The SMILES string of the molecule is CC(C)(C)Nc1nnc(SC(C(=O)NC2CC2)c2ccccc2)s1. The number of carbonyl (C=O) groups excluding carboxylic acids is 1. The maximum atomic E-state index is 12.6. The van der Waals surface area contributed by atoms with E-state index in [2.05, 4.69) is 41.6 Å². The molecule has 1 amide bonds. The van der Waals surface area contributed by atoms with E-state index in [1.54, 1.807) is 0 Å². The van der Waals surface area contributed by atoms with Crippen molar-refractivity contribution in [2.75, 3.05) is 5.32 Å². The lowest BCUT2D eigenvalue weighted by atomic mass is 10.1. The van der Waals surface area contributed by atoms with E-state index in [1.165, 1.54) is 23.1 Å². The molecular weight excluding hydrogens is 340 g/mol. The van der Waals surface area contributed by atoms with E-state index in [9.17, 15) is 4.79 Å². The predicted molar refractivity (Wildman–Crippen MR) is 99.5 cm³/mol. The molecule has 5 nitrogen and oxygen atoms in total. The highest BCUT2D eigenvalue weighted by Crippen LogP contribution is 2.39. The summed E-state index contributed by atoms with van der Waals surface area (Å²) < 4.78 is 0.793. The first-order chi connectivity index (χ1) is 11.4. The Morgan fingerprint density at radius 2 is 1.96 bits per heavy atom. The van der Waals surface area contributed by atoms with Crippen LogP contribution < -0.4 is 10.6 Å². The molecule has 0 bridgehead atoms. The maximum absolute atomic E-state index is 12.6. The standard InChI is InChI=1S/C17H22N4OS2/c1-17(2,3)19-15-20-21-16(24-15)23-13(11-7-5-4-6-8-11)14(22)18-12-9-10-12/h4-8,12-13H,9-10H2,1-3H3,(H,18,22)(H,19,20). The minimum absolute atomic E-state index is 0.0502. The Balaban J connectivity index is 1.75. The van der Waals surface area contributed by atoms with Gasteiger partial charge in [-0.2, -0.15) is 0 Å². The van der Waals surface area contributed by atoms with E-state index in [0.717, 1.165) is 27.9 Å². The number of hydrogen-bond donors (Lipinski definition) is 2. The summed E-state index contributed by atoms with van der Waals surface area (Å²) in [5.41, 5.74) is 0.921. The van der Waals surface area contributed by atoms with Crippen LogP contribution in [0.3, 0.4) is 0 Å². The molecule has 24 heavy (non-hydrogen) atoms. The van der Waals surface area contributed by atoms with Crippen LogP contribution in [0.15, 0.2) is 34.7 Å². The number of hydrogen-bond acceptors (Lipinski definition) is 6. The topological polar surface area (TPSA) is 66.9 Å². The minimum atomic E-state index is -0.303. The molecule has 1 atom stereocenters. The van der Waals surface area contributed by atoms with Crippen LogP contribution in [-0.2, 0) is 4.79 Å². The number of thioether (sulfide) groups is 1. The average Bonchev–Trinajstić information content (AvgIpc) is 3.22. The Labute approximate surface area is 150 Å². The maximum Gasteiger partial charge on any atom is 0.238 e. The third-order valence-corrected chi connectivity index (χ3v) is 5.55. The van der Waals surface area contributed by atoms with Gasteiger partial charge in [0.1, 0.15) is 5.25 Å². The van der Waals surface area contributed by atoms with Crippen LogP contribution in [0, 0.1) is 0 Å². The fraction of sp³-hybridized carbons (Fsp3) is 0.471. The second-order valence-corrected chi connectivity index (χ2v) is 9.27. The van der Waals surface area contributed by atoms with Crippen molar-refractivity contribution in [1.29, 1.82) is 0 Å². The second-order valence-electron chi connectivity index (χ2n) is 6.94. The van der Waals surface area contributed by atoms with Crippen LogP contribution in [0.25, 0.3) is 0 Å². The Morgan fingerprint density at radius 3 is 2.58 bits per heavy atom. The Bertz CT molecular complexity index is 692. The summed E-state index contributed by atoms with van der Waals surface area (Å²) in [6, 6.07) is 10.2. The highest BCUT2D eigenvalue weighted by molar-refractivity contribution is 8.01. The molecule has 7 heteroatoms. The van der Waals surface area contributed by atoms with Crippen molar-refractivity contribution in [3.05, 3.63) is 35.9 Å². The molecule has 0 spiro atoms. The van der Waals surface area contributed by atoms with Gasteiger partial charge < -0.3 is 10.6 Å². The largest absolute Gasteiger partial charge is 0.355 e. The number of aromatic nitrogens is 2. The van der Waals surface area contributed by atoms with Gasteiger partial charge in [-0.15, -0.1) is 10.2 Å². The zero-order chi connectivity index (χ0) is 17.2. The quantitative estimate of drug-likeness (QED) is 0.764. The summed E-state index contributed by atoms with van der Waals surface area (Å²) >= 11 is 2.94. The number of anilines is 1. The molecule has 0 aliphatic heterocycles. The molecule has 2 N–H and O–H groups in total. The molecule has 1 aliphatic carbocycles. The number of amides is 1. The average molecular weight is 363 g/mol. The summed E-state index contributed by atoms with van der Waals surface area (Å²) in [5, 5.41) is 15.3. The summed E-state index contributed by atoms with van der Waals surface area (Å²) in [5.74, 6) is 0.0502. The molecule has 1 unspecified atom stereocenters. The number of nitrogens with zero attached hydrogens (tertiary/aromatic N) is 2. The van der Waals surface area contributed by atoms with E-state index in [1.807, 2.05) is 30.3 Å².